The molecule has 0 saturated carbocycles. The third-order valence-corrected chi connectivity index (χ3v) is 5.09. The second-order valence-corrected chi connectivity index (χ2v) is 5.88. The topological polar surface area (TPSA) is 45.5 Å². The number of furan rings is 1. The van der Waals surface area contributed by atoms with E-state index in [-0.39, 0.29) is 10.8 Å². The van der Waals surface area contributed by atoms with Gasteiger partial charge in [-0.05, 0) is 38.1 Å². The van der Waals surface area contributed by atoms with Crippen molar-refractivity contribution in [2.24, 2.45) is 0 Å². The van der Waals surface area contributed by atoms with Gasteiger partial charge in [-0.15, -0.1) is 11.8 Å². The Bertz CT molecular complexity index is 399. The summed E-state index contributed by atoms with van der Waals surface area (Å²) in [5.74, 6) is 1.73. The number of carbonyl (C=O) groups is 1. The maximum Gasteiger partial charge on any atom is 0.234 e. The van der Waals surface area contributed by atoms with E-state index in [1.165, 1.54) is 0 Å². The predicted molar refractivity (Wildman–Crippen MR) is 66.6 cm³/mol. The van der Waals surface area contributed by atoms with E-state index >= 15 is 0 Å². The van der Waals surface area contributed by atoms with Gasteiger partial charge in [-0.1, -0.05) is 0 Å². The van der Waals surface area contributed by atoms with Crippen LogP contribution in [0.5, 0.6) is 0 Å². The molecule has 0 aromatic carbocycles. The van der Waals surface area contributed by atoms with Crippen LogP contribution in [0.3, 0.4) is 0 Å². The molecule has 1 aromatic heterocycles. The van der Waals surface area contributed by atoms with Gasteiger partial charge in [0.05, 0.1) is 23.4 Å². The van der Waals surface area contributed by atoms with Gasteiger partial charge < -0.3 is 14.6 Å². The minimum Gasteiger partial charge on any atom is -0.467 e. The molecule has 0 atom stereocenters. The van der Waals surface area contributed by atoms with Gasteiger partial charge in [0.2, 0.25) is 5.91 Å². The Kier molecular flexibility index (Phi) is 2.88. The Labute approximate surface area is 105 Å². The largest absolute Gasteiger partial charge is 0.467 e. The SMILES string of the molecule is O=C1CSC2(CCNCC2)N1Cc1ccco1. The molecular formula is C12H16N2O2S. The first-order valence-corrected chi connectivity index (χ1v) is 6.96. The molecule has 1 spiro atoms. The zero-order valence-corrected chi connectivity index (χ0v) is 10.5. The molecule has 2 aliphatic rings. The first-order chi connectivity index (χ1) is 8.30. The minimum atomic E-state index is 0.00905. The number of thioether (sulfide) groups is 1. The van der Waals surface area contributed by atoms with Crippen molar-refractivity contribution >= 4 is 17.7 Å². The number of amides is 1. The molecule has 4 nitrogen and oxygen atoms in total. The maximum absolute atomic E-state index is 12.0. The Morgan fingerprint density at radius 3 is 3.00 bits per heavy atom. The Morgan fingerprint density at radius 1 is 1.47 bits per heavy atom. The zero-order valence-electron chi connectivity index (χ0n) is 9.65. The standard InChI is InChI=1S/C12H16N2O2S/c15-11-9-17-12(3-5-13-6-4-12)14(11)8-10-2-1-7-16-10/h1-2,7,13H,3-6,8-9H2. The van der Waals surface area contributed by atoms with E-state index in [1.54, 1.807) is 18.0 Å². The van der Waals surface area contributed by atoms with Crippen LogP contribution in [0.2, 0.25) is 0 Å². The fourth-order valence-electron chi connectivity index (χ4n) is 2.60. The molecule has 92 valence electrons. The maximum atomic E-state index is 12.0. The van der Waals surface area contributed by atoms with Gasteiger partial charge in [0, 0.05) is 0 Å². The molecule has 5 heteroatoms. The summed E-state index contributed by atoms with van der Waals surface area (Å²) < 4.78 is 5.36. The molecule has 0 radical (unpaired) electrons. The second kappa shape index (κ2) is 4.38. The molecular weight excluding hydrogens is 236 g/mol. The van der Waals surface area contributed by atoms with Gasteiger partial charge in [-0.3, -0.25) is 4.79 Å². The van der Waals surface area contributed by atoms with Crippen LogP contribution in [-0.4, -0.2) is 34.5 Å². The molecule has 1 aromatic rings. The summed E-state index contributed by atoms with van der Waals surface area (Å²) in [5.41, 5.74) is 0. The normalized spacial score (nSPS) is 23.5. The van der Waals surface area contributed by atoms with Crippen molar-refractivity contribution in [2.45, 2.75) is 24.3 Å². The Morgan fingerprint density at radius 2 is 2.29 bits per heavy atom. The van der Waals surface area contributed by atoms with Crippen molar-refractivity contribution in [3.05, 3.63) is 24.2 Å². The minimum absolute atomic E-state index is 0.00905. The molecule has 2 saturated heterocycles. The highest BCUT2D eigenvalue weighted by molar-refractivity contribution is 8.01. The van der Waals surface area contributed by atoms with Crippen molar-refractivity contribution in [3.63, 3.8) is 0 Å². The van der Waals surface area contributed by atoms with Crippen LogP contribution in [0.1, 0.15) is 18.6 Å². The Balaban J connectivity index is 1.81. The molecule has 17 heavy (non-hydrogen) atoms. The first-order valence-electron chi connectivity index (χ1n) is 5.98. The summed E-state index contributed by atoms with van der Waals surface area (Å²) in [6, 6.07) is 3.81. The third-order valence-electron chi connectivity index (χ3n) is 3.54. The lowest BCUT2D eigenvalue weighted by molar-refractivity contribution is -0.131. The first kappa shape index (κ1) is 11.2. The lowest BCUT2D eigenvalue weighted by atomic mass is 10.0. The third kappa shape index (κ3) is 1.98. The molecule has 0 unspecified atom stereocenters. The number of nitrogens with zero attached hydrogens (tertiary/aromatic N) is 1. The van der Waals surface area contributed by atoms with Crippen molar-refractivity contribution in [1.29, 1.82) is 0 Å². The van der Waals surface area contributed by atoms with E-state index in [2.05, 4.69) is 5.32 Å². The fraction of sp³-hybridized carbons (Fsp3) is 0.583. The quantitative estimate of drug-likeness (QED) is 0.865. The zero-order chi connectivity index (χ0) is 11.7. The van der Waals surface area contributed by atoms with Crippen LogP contribution >= 0.6 is 11.8 Å². The van der Waals surface area contributed by atoms with Crippen molar-refractivity contribution in [2.75, 3.05) is 18.8 Å². The monoisotopic (exact) mass is 252 g/mol. The Hall–Kier alpha value is -0.940. The average Bonchev–Trinajstić information content (AvgIpc) is 2.95. The number of carbonyl (C=O) groups excluding carboxylic acids is 1. The van der Waals surface area contributed by atoms with Crippen LogP contribution < -0.4 is 5.32 Å². The van der Waals surface area contributed by atoms with Crippen LogP contribution in [-0.2, 0) is 11.3 Å². The van der Waals surface area contributed by atoms with Crippen LogP contribution in [0, 0.1) is 0 Å². The van der Waals surface area contributed by atoms with Gasteiger partial charge in [-0.2, -0.15) is 0 Å². The van der Waals surface area contributed by atoms with Crippen LogP contribution in [0.15, 0.2) is 22.8 Å². The van der Waals surface area contributed by atoms with Gasteiger partial charge in [0.25, 0.3) is 0 Å². The summed E-state index contributed by atoms with van der Waals surface area (Å²) in [6.07, 6.45) is 3.73. The summed E-state index contributed by atoms with van der Waals surface area (Å²) in [6.45, 7) is 2.60. The highest BCUT2D eigenvalue weighted by Crippen LogP contribution is 2.43. The molecule has 3 heterocycles. The molecule has 1 amide bonds. The summed E-state index contributed by atoms with van der Waals surface area (Å²) in [5, 5.41) is 3.36. The van der Waals surface area contributed by atoms with Gasteiger partial charge in [-0.25, -0.2) is 0 Å². The molecule has 2 fully saturated rings. The number of nitrogens with one attached hydrogen (secondary N) is 1. The molecule has 1 N–H and O–H groups in total. The second-order valence-electron chi connectivity index (χ2n) is 4.54. The van der Waals surface area contributed by atoms with Gasteiger partial charge in [0.1, 0.15) is 5.76 Å². The van der Waals surface area contributed by atoms with Crippen LogP contribution in [0.4, 0.5) is 0 Å². The molecule has 0 bridgehead atoms. The average molecular weight is 252 g/mol. The van der Waals surface area contributed by atoms with Crippen molar-refractivity contribution in [1.82, 2.24) is 10.2 Å². The van der Waals surface area contributed by atoms with Crippen molar-refractivity contribution < 1.29 is 9.21 Å². The number of piperidine rings is 1. The summed E-state index contributed by atoms with van der Waals surface area (Å²) in [4.78, 5) is 14.0. The summed E-state index contributed by atoms with van der Waals surface area (Å²) >= 11 is 1.80. The van der Waals surface area contributed by atoms with E-state index in [0.717, 1.165) is 31.7 Å². The van der Waals surface area contributed by atoms with Crippen LogP contribution in [0.25, 0.3) is 0 Å². The van der Waals surface area contributed by atoms with E-state index < -0.39 is 0 Å². The molecule has 3 rings (SSSR count). The highest BCUT2D eigenvalue weighted by atomic mass is 32.2. The summed E-state index contributed by atoms with van der Waals surface area (Å²) in [7, 11) is 0. The number of hydrogen-bond acceptors (Lipinski definition) is 4. The smallest absolute Gasteiger partial charge is 0.234 e. The fourth-order valence-corrected chi connectivity index (χ4v) is 3.96. The number of rotatable bonds is 2. The van der Waals surface area contributed by atoms with Gasteiger partial charge >= 0.3 is 0 Å². The molecule has 0 aliphatic carbocycles. The van der Waals surface area contributed by atoms with Gasteiger partial charge in [0.15, 0.2) is 0 Å². The van der Waals surface area contributed by atoms with E-state index in [0.29, 0.717) is 12.3 Å². The predicted octanol–water partition coefficient (Wildman–Crippen LogP) is 1.43. The van der Waals surface area contributed by atoms with E-state index in [1.807, 2.05) is 17.0 Å². The lowest BCUT2D eigenvalue weighted by Crippen LogP contribution is -2.50. The lowest BCUT2D eigenvalue weighted by Gasteiger charge is -2.40. The molecule has 2 aliphatic heterocycles. The highest BCUT2D eigenvalue weighted by Gasteiger charge is 2.46. The van der Waals surface area contributed by atoms with Crippen molar-refractivity contribution in [3.8, 4) is 0 Å². The van der Waals surface area contributed by atoms with E-state index in [4.69, 9.17) is 4.42 Å². The van der Waals surface area contributed by atoms with E-state index in [9.17, 15) is 4.79 Å². The number of hydrogen-bond donors (Lipinski definition) is 1.